The summed E-state index contributed by atoms with van der Waals surface area (Å²) in [7, 11) is 0. The van der Waals surface area contributed by atoms with Crippen LogP contribution in [0.1, 0.15) is 15.9 Å². The number of nitriles is 1. The number of hydrogen-bond donors (Lipinski definition) is 3. The van der Waals surface area contributed by atoms with Crippen LogP contribution in [0.25, 0.3) is 0 Å². The minimum atomic E-state index is -0.566. The monoisotopic (exact) mass is 332 g/mol. The van der Waals surface area contributed by atoms with E-state index in [0.717, 1.165) is 0 Å². The average Bonchev–Trinajstić information content (AvgIpc) is 2.44. The summed E-state index contributed by atoms with van der Waals surface area (Å²) < 4.78 is 0.546. The lowest BCUT2D eigenvalue weighted by Crippen LogP contribution is -2.12. The summed E-state index contributed by atoms with van der Waals surface area (Å²) >= 11 is 3.24. The van der Waals surface area contributed by atoms with E-state index in [1.54, 1.807) is 18.2 Å². The molecule has 6 heteroatoms. The number of carbonyl (C=O) groups is 1. The average molecular weight is 333 g/mol. The molecule has 0 aliphatic heterocycles. The second-order valence-electron chi connectivity index (χ2n) is 3.93. The highest BCUT2D eigenvalue weighted by molar-refractivity contribution is 9.10. The van der Waals surface area contributed by atoms with Crippen molar-refractivity contribution in [1.82, 2.24) is 0 Å². The van der Waals surface area contributed by atoms with Crippen LogP contribution < -0.4 is 5.32 Å². The molecule has 0 aliphatic carbocycles. The predicted molar refractivity (Wildman–Crippen MR) is 76.6 cm³/mol. The van der Waals surface area contributed by atoms with E-state index < -0.39 is 11.7 Å². The molecule has 0 fully saturated rings. The molecule has 0 unspecified atom stereocenters. The molecule has 2 aromatic carbocycles. The van der Waals surface area contributed by atoms with Gasteiger partial charge in [-0.25, -0.2) is 0 Å². The van der Waals surface area contributed by atoms with Crippen molar-refractivity contribution >= 4 is 27.5 Å². The minimum Gasteiger partial charge on any atom is -0.504 e. The zero-order valence-electron chi connectivity index (χ0n) is 10.1. The summed E-state index contributed by atoms with van der Waals surface area (Å²) in [5.74, 6) is -1.41. The lowest BCUT2D eigenvalue weighted by atomic mass is 10.1. The van der Waals surface area contributed by atoms with Gasteiger partial charge in [0.05, 0.1) is 22.9 Å². The zero-order chi connectivity index (χ0) is 14.7. The Bertz CT molecular complexity index is 723. The highest BCUT2D eigenvalue weighted by atomic mass is 79.9. The van der Waals surface area contributed by atoms with Gasteiger partial charge in [0.15, 0.2) is 11.5 Å². The molecule has 0 saturated carbocycles. The van der Waals surface area contributed by atoms with Gasteiger partial charge in [-0.05, 0) is 46.3 Å². The third kappa shape index (κ3) is 2.73. The fourth-order valence-electron chi connectivity index (χ4n) is 1.59. The van der Waals surface area contributed by atoms with Crippen LogP contribution >= 0.6 is 15.9 Å². The normalized spacial score (nSPS) is 9.80. The topological polar surface area (TPSA) is 93.4 Å². The van der Waals surface area contributed by atoms with Crippen molar-refractivity contribution in [1.29, 1.82) is 5.26 Å². The number of halogens is 1. The number of carbonyl (C=O) groups excluding carboxylic acids is 1. The molecule has 3 N–H and O–H groups in total. The van der Waals surface area contributed by atoms with Crippen LogP contribution in [0.4, 0.5) is 5.69 Å². The molecule has 100 valence electrons. The van der Waals surface area contributed by atoms with Gasteiger partial charge in [-0.1, -0.05) is 6.07 Å². The Morgan fingerprint density at radius 1 is 1.25 bits per heavy atom. The van der Waals surface area contributed by atoms with Gasteiger partial charge in [0.25, 0.3) is 5.91 Å². The molecular formula is C14H9BrN2O3. The summed E-state index contributed by atoms with van der Waals surface area (Å²) in [5.41, 5.74) is 0.869. The van der Waals surface area contributed by atoms with Crippen molar-refractivity contribution in [2.45, 2.75) is 0 Å². The molecule has 0 aliphatic rings. The number of phenols is 2. The SMILES string of the molecule is N#Cc1ccc(NC(=O)c2cccc(O)c2O)c(Br)c1. The second kappa shape index (κ2) is 5.63. The standard InChI is InChI=1S/C14H9BrN2O3/c15-10-6-8(7-16)4-5-11(10)17-14(20)9-2-1-3-12(18)13(9)19/h1-6,18-19H,(H,17,20). The maximum Gasteiger partial charge on any atom is 0.259 e. The summed E-state index contributed by atoms with van der Waals surface area (Å²) in [5, 5.41) is 30.3. The molecule has 0 heterocycles. The molecule has 2 aromatic rings. The van der Waals surface area contributed by atoms with Crippen molar-refractivity contribution in [3.63, 3.8) is 0 Å². The van der Waals surface area contributed by atoms with Gasteiger partial charge in [-0.3, -0.25) is 4.79 Å². The van der Waals surface area contributed by atoms with E-state index in [4.69, 9.17) is 5.26 Å². The van der Waals surface area contributed by atoms with Gasteiger partial charge in [0.1, 0.15) is 0 Å². The molecule has 2 rings (SSSR count). The summed E-state index contributed by atoms with van der Waals surface area (Å²) in [6.45, 7) is 0. The first-order valence-electron chi connectivity index (χ1n) is 5.55. The Kier molecular flexibility index (Phi) is 3.91. The smallest absolute Gasteiger partial charge is 0.259 e. The van der Waals surface area contributed by atoms with Crippen molar-refractivity contribution in [2.75, 3.05) is 5.32 Å². The van der Waals surface area contributed by atoms with Gasteiger partial charge in [-0.2, -0.15) is 5.26 Å². The first kappa shape index (κ1) is 13.9. The first-order valence-corrected chi connectivity index (χ1v) is 6.34. The Morgan fingerprint density at radius 2 is 2.00 bits per heavy atom. The maximum atomic E-state index is 12.0. The summed E-state index contributed by atoms with van der Waals surface area (Å²) in [6.07, 6.45) is 0. The van der Waals surface area contributed by atoms with Crippen LogP contribution in [0.15, 0.2) is 40.9 Å². The van der Waals surface area contributed by atoms with E-state index in [1.807, 2.05) is 6.07 Å². The van der Waals surface area contributed by atoms with Gasteiger partial charge >= 0.3 is 0 Å². The number of benzene rings is 2. The Morgan fingerprint density at radius 3 is 2.65 bits per heavy atom. The Labute approximate surface area is 123 Å². The van der Waals surface area contributed by atoms with Crippen LogP contribution in [0.2, 0.25) is 0 Å². The van der Waals surface area contributed by atoms with Crippen molar-refractivity contribution < 1.29 is 15.0 Å². The number of rotatable bonds is 2. The number of nitrogens with zero attached hydrogens (tertiary/aromatic N) is 1. The van der Waals surface area contributed by atoms with Crippen molar-refractivity contribution in [3.05, 3.63) is 52.0 Å². The van der Waals surface area contributed by atoms with E-state index >= 15 is 0 Å². The highest BCUT2D eigenvalue weighted by Crippen LogP contribution is 2.30. The molecule has 0 radical (unpaired) electrons. The quantitative estimate of drug-likeness (QED) is 0.737. The van der Waals surface area contributed by atoms with E-state index in [0.29, 0.717) is 15.7 Å². The molecular weight excluding hydrogens is 324 g/mol. The third-order valence-electron chi connectivity index (χ3n) is 2.61. The fourth-order valence-corrected chi connectivity index (χ4v) is 2.07. The molecule has 0 saturated heterocycles. The molecule has 0 bridgehead atoms. The summed E-state index contributed by atoms with van der Waals surface area (Å²) in [4.78, 5) is 12.0. The second-order valence-corrected chi connectivity index (χ2v) is 4.79. The van der Waals surface area contributed by atoms with Crippen molar-refractivity contribution in [3.8, 4) is 17.6 Å². The molecule has 0 spiro atoms. The molecule has 20 heavy (non-hydrogen) atoms. The van der Waals surface area contributed by atoms with Crippen LogP contribution in [-0.4, -0.2) is 16.1 Å². The lowest BCUT2D eigenvalue weighted by Gasteiger charge is -2.09. The van der Waals surface area contributed by atoms with Gasteiger partial charge in [0, 0.05) is 4.47 Å². The number of amides is 1. The van der Waals surface area contributed by atoms with Gasteiger partial charge in [0.2, 0.25) is 0 Å². The summed E-state index contributed by atoms with van der Waals surface area (Å²) in [6, 6.07) is 10.8. The zero-order valence-corrected chi connectivity index (χ0v) is 11.7. The fraction of sp³-hybridized carbons (Fsp3) is 0. The molecule has 5 nitrogen and oxygen atoms in total. The third-order valence-corrected chi connectivity index (χ3v) is 3.26. The molecule has 0 aromatic heterocycles. The van der Waals surface area contributed by atoms with Crippen LogP contribution in [-0.2, 0) is 0 Å². The number of para-hydroxylation sites is 1. The van der Waals surface area contributed by atoms with Crippen LogP contribution in [0, 0.1) is 11.3 Å². The largest absolute Gasteiger partial charge is 0.504 e. The molecule has 1 amide bonds. The maximum absolute atomic E-state index is 12.0. The number of phenolic OH excluding ortho intramolecular Hbond substituents is 2. The minimum absolute atomic E-state index is 0.0405. The van der Waals surface area contributed by atoms with Crippen molar-refractivity contribution in [2.24, 2.45) is 0 Å². The molecule has 0 atom stereocenters. The Balaban J connectivity index is 2.29. The Hall–Kier alpha value is -2.52. The number of nitrogens with one attached hydrogen (secondary N) is 1. The van der Waals surface area contributed by atoms with Crippen LogP contribution in [0.3, 0.4) is 0 Å². The van der Waals surface area contributed by atoms with E-state index in [-0.39, 0.29) is 11.3 Å². The van der Waals surface area contributed by atoms with E-state index in [9.17, 15) is 15.0 Å². The van der Waals surface area contributed by atoms with Crippen LogP contribution in [0.5, 0.6) is 11.5 Å². The van der Waals surface area contributed by atoms with Gasteiger partial charge < -0.3 is 15.5 Å². The van der Waals surface area contributed by atoms with E-state index in [2.05, 4.69) is 21.2 Å². The van der Waals surface area contributed by atoms with Gasteiger partial charge in [-0.15, -0.1) is 0 Å². The first-order chi connectivity index (χ1) is 9.52. The predicted octanol–water partition coefficient (Wildman–Crippen LogP) is 2.98. The number of anilines is 1. The highest BCUT2D eigenvalue weighted by Gasteiger charge is 2.15. The number of aromatic hydroxyl groups is 2. The number of hydrogen-bond acceptors (Lipinski definition) is 4. The lowest BCUT2D eigenvalue weighted by molar-refractivity contribution is 0.102. The van der Waals surface area contributed by atoms with E-state index in [1.165, 1.54) is 18.2 Å².